The molecule has 0 bridgehead atoms. The van der Waals surface area contributed by atoms with Crippen molar-refractivity contribution < 1.29 is 32.6 Å². The highest BCUT2D eigenvalue weighted by Gasteiger charge is 2.40. The van der Waals surface area contributed by atoms with Crippen molar-refractivity contribution in [3.8, 4) is 0 Å². The Balaban J connectivity index is 2.84. The fourth-order valence-electron chi connectivity index (χ4n) is 2.17. The Bertz CT molecular complexity index is 516. The van der Waals surface area contributed by atoms with Gasteiger partial charge < -0.3 is 14.7 Å². The number of nitrogens with zero attached hydrogens (tertiary/aromatic N) is 1. The van der Waals surface area contributed by atoms with Crippen molar-refractivity contribution in [3.63, 3.8) is 0 Å². The molecule has 0 saturated carbocycles. The summed E-state index contributed by atoms with van der Waals surface area (Å²) in [4.78, 5) is 35.1. The van der Waals surface area contributed by atoms with Crippen LogP contribution >= 0.6 is 0 Å². The number of rotatable bonds is 6. The van der Waals surface area contributed by atoms with E-state index in [1.165, 1.54) is 0 Å². The third-order valence-corrected chi connectivity index (χ3v) is 3.86. The van der Waals surface area contributed by atoms with Crippen molar-refractivity contribution in [3.05, 3.63) is 0 Å². The molecule has 1 saturated heterocycles. The highest BCUT2D eigenvalue weighted by Crippen LogP contribution is 2.23. The van der Waals surface area contributed by atoms with Gasteiger partial charge in [0, 0.05) is 18.9 Å². The lowest BCUT2D eigenvalue weighted by Gasteiger charge is -2.24. The van der Waals surface area contributed by atoms with Gasteiger partial charge in [-0.15, -0.1) is 0 Å². The van der Waals surface area contributed by atoms with Gasteiger partial charge in [0.1, 0.15) is 6.04 Å². The van der Waals surface area contributed by atoms with Crippen molar-refractivity contribution in [2.75, 3.05) is 19.4 Å². The monoisotopic (exact) mass is 308 g/mol. The lowest BCUT2D eigenvalue weighted by atomic mass is 10.1. The lowest BCUT2D eigenvalue weighted by Crippen LogP contribution is -2.44. The zero-order chi connectivity index (χ0) is 15.5. The number of nitrogens with two attached hydrogens (primary N) is 1. The minimum absolute atomic E-state index is 0.0394. The van der Waals surface area contributed by atoms with E-state index in [1.54, 1.807) is 0 Å². The Hall–Kier alpha value is -1.68. The predicted molar refractivity (Wildman–Crippen MR) is 65.9 cm³/mol. The van der Waals surface area contributed by atoms with E-state index < -0.39 is 52.0 Å². The summed E-state index contributed by atoms with van der Waals surface area (Å²) in [5.41, 5.74) is 0. The van der Waals surface area contributed by atoms with E-state index in [2.05, 4.69) is 4.74 Å². The summed E-state index contributed by atoms with van der Waals surface area (Å²) in [5.74, 6) is -3.55. The first-order valence-electron chi connectivity index (χ1n) is 5.73. The van der Waals surface area contributed by atoms with E-state index in [4.69, 9.17) is 10.2 Å². The average molecular weight is 308 g/mol. The number of carboxylic acid groups (broad SMARTS) is 1. The van der Waals surface area contributed by atoms with E-state index in [0.29, 0.717) is 0 Å². The lowest BCUT2D eigenvalue weighted by molar-refractivity contribution is -0.155. The number of hydrogen-bond acceptors (Lipinski definition) is 6. The summed E-state index contributed by atoms with van der Waals surface area (Å²) < 4.78 is 26.5. The normalized spacial score (nSPS) is 20.8. The number of carbonyl (C=O) groups is 3. The molecule has 0 aromatic carbocycles. The standard InChI is InChI=1S/C10H16N2O7S/c1-19-10(16)7(3-9(14)15)12-4-6(2-8(12)13)5-20(11,17)18/h6-7H,2-5H2,1H3,(H,14,15)(H2,11,17,18)/t6?,7-/m1/s1. The SMILES string of the molecule is COC(=O)[C@@H](CC(=O)O)N1CC(CS(N)(=O)=O)CC1=O. The third kappa shape index (κ3) is 4.46. The molecule has 1 fully saturated rings. The van der Waals surface area contributed by atoms with E-state index in [1.807, 2.05) is 0 Å². The van der Waals surface area contributed by atoms with Gasteiger partial charge in [-0.25, -0.2) is 18.4 Å². The van der Waals surface area contributed by atoms with E-state index in [9.17, 15) is 22.8 Å². The van der Waals surface area contributed by atoms with Crippen LogP contribution in [-0.4, -0.2) is 61.7 Å². The molecule has 1 rings (SSSR count). The minimum Gasteiger partial charge on any atom is -0.481 e. The molecule has 0 spiro atoms. The molecule has 0 aliphatic carbocycles. The minimum atomic E-state index is -3.74. The maximum Gasteiger partial charge on any atom is 0.329 e. The van der Waals surface area contributed by atoms with Crippen molar-refractivity contribution in [2.45, 2.75) is 18.9 Å². The number of aliphatic carboxylic acids is 1. The number of ether oxygens (including phenoxy) is 1. The molecule has 9 nitrogen and oxygen atoms in total. The van der Waals surface area contributed by atoms with Crippen LogP contribution in [0.4, 0.5) is 0 Å². The molecule has 10 heteroatoms. The number of hydrogen-bond donors (Lipinski definition) is 2. The summed E-state index contributed by atoms with van der Waals surface area (Å²) >= 11 is 0. The van der Waals surface area contributed by atoms with Crippen molar-refractivity contribution in [2.24, 2.45) is 11.1 Å². The molecule has 0 aromatic heterocycles. The summed E-state index contributed by atoms with van der Waals surface area (Å²) in [6, 6.07) is -1.25. The van der Waals surface area contributed by atoms with Crippen LogP contribution in [0.3, 0.4) is 0 Å². The maximum absolute atomic E-state index is 11.8. The Morgan fingerprint density at radius 1 is 1.55 bits per heavy atom. The van der Waals surface area contributed by atoms with E-state index in [0.717, 1.165) is 12.0 Å². The Kier molecular flexibility index (Phi) is 5.06. The summed E-state index contributed by atoms with van der Waals surface area (Å²) in [6.45, 7) is -0.0394. The quantitative estimate of drug-likeness (QED) is 0.547. The first-order chi connectivity index (χ1) is 9.14. The number of likely N-dealkylation sites (tertiary alicyclic amines) is 1. The van der Waals surface area contributed by atoms with Crippen LogP contribution in [0.1, 0.15) is 12.8 Å². The fourth-order valence-corrected chi connectivity index (χ4v) is 3.05. The second-order valence-electron chi connectivity index (χ2n) is 4.58. The maximum atomic E-state index is 11.8. The van der Waals surface area contributed by atoms with Crippen LogP contribution in [0, 0.1) is 5.92 Å². The fraction of sp³-hybridized carbons (Fsp3) is 0.700. The van der Waals surface area contributed by atoms with Gasteiger partial charge in [-0.1, -0.05) is 0 Å². The second-order valence-corrected chi connectivity index (χ2v) is 6.24. The zero-order valence-electron chi connectivity index (χ0n) is 10.8. The van der Waals surface area contributed by atoms with Gasteiger partial charge in [0.05, 0.1) is 19.3 Å². The summed E-state index contributed by atoms with van der Waals surface area (Å²) in [6.07, 6.45) is -0.690. The average Bonchev–Trinajstić information content (AvgIpc) is 2.63. The molecule has 1 amide bonds. The first-order valence-corrected chi connectivity index (χ1v) is 7.45. The number of primary sulfonamides is 1. The molecule has 20 heavy (non-hydrogen) atoms. The number of methoxy groups -OCH3 is 1. The number of carboxylic acids is 1. The summed E-state index contributed by atoms with van der Waals surface area (Å²) in [7, 11) is -2.66. The molecule has 0 aromatic rings. The predicted octanol–water partition coefficient (Wildman–Crippen LogP) is -1.86. The Morgan fingerprint density at radius 2 is 2.15 bits per heavy atom. The molecule has 0 radical (unpaired) electrons. The van der Waals surface area contributed by atoms with Gasteiger partial charge in [0.25, 0.3) is 0 Å². The van der Waals surface area contributed by atoms with Gasteiger partial charge in [0.15, 0.2) is 0 Å². The van der Waals surface area contributed by atoms with Crippen LogP contribution in [0.5, 0.6) is 0 Å². The van der Waals surface area contributed by atoms with Gasteiger partial charge in [-0.3, -0.25) is 9.59 Å². The van der Waals surface area contributed by atoms with Gasteiger partial charge in [-0.05, 0) is 0 Å². The molecule has 3 N–H and O–H groups in total. The topological polar surface area (TPSA) is 144 Å². The van der Waals surface area contributed by atoms with E-state index in [-0.39, 0.29) is 13.0 Å². The molecular weight excluding hydrogens is 292 g/mol. The number of esters is 1. The van der Waals surface area contributed by atoms with Crippen molar-refractivity contribution in [1.82, 2.24) is 4.90 Å². The number of sulfonamides is 1. The highest BCUT2D eigenvalue weighted by molar-refractivity contribution is 7.89. The van der Waals surface area contributed by atoms with Gasteiger partial charge in [-0.2, -0.15) is 0 Å². The van der Waals surface area contributed by atoms with Crippen LogP contribution in [0.25, 0.3) is 0 Å². The molecule has 1 unspecified atom stereocenters. The largest absolute Gasteiger partial charge is 0.481 e. The van der Waals surface area contributed by atoms with Crippen LogP contribution in [0.2, 0.25) is 0 Å². The Morgan fingerprint density at radius 3 is 2.60 bits per heavy atom. The molecule has 114 valence electrons. The number of carbonyl (C=O) groups excluding carboxylic acids is 2. The van der Waals surface area contributed by atoms with Crippen LogP contribution in [0.15, 0.2) is 0 Å². The smallest absolute Gasteiger partial charge is 0.329 e. The Labute approximate surface area is 115 Å². The molecule has 1 aliphatic heterocycles. The third-order valence-electron chi connectivity index (χ3n) is 2.92. The molecular formula is C10H16N2O7S. The van der Waals surface area contributed by atoms with Crippen molar-refractivity contribution >= 4 is 27.9 Å². The molecule has 1 aliphatic rings. The van der Waals surface area contributed by atoms with Crippen LogP contribution < -0.4 is 5.14 Å². The van der Waals surface area contributed by atoms with E-state index >= 15 is 0 Å². The van der Waals surface area contributed by atoms with Crippen LogP contribution in [-0.2, 0) is 29.1 Å². The zero-order valence-corrected chi connectivity index (χ0v) is 11.6. The van der Waals surface area contributed by atoms with Gasteiger partial charge in [0.2, 0.25) is 15.9 Å². The molecule has 2 atom stereocenters. The highest BCUT2D eigenvalue weighted by atomic mass is 32.2. The van der Waals surface area contributed by atoms with Crippen molar-refractivity contribution in [1.29, 1.82) is 0 Å². The number of amides is 1. The second kappa shape index (κ2) is 6.18. The van der Waals surface area contributed by atoms with Gasteiger partial charge >= 0.3 is 11.9 Å². The first kappa shape index (κ1) is 16.4. The summed E-state index contributed by atoms with van der Waals surface area (Å²) in [5, 5.41) is 13.7. The molecule has 1 heterocycles.